The van der Waals surface area contributed by atoms with E-state index in [4.69, 9.17) is 16.7 Å². The maximum absolute atomic E-state index is 11.4. The maximum Gasteiger partial charge on any atom is 0.342 e. The van der Waals surface area contributed by atoms with Gasteiger partial charge in [0.25, 0.3) is 5.56 Å². The van der Waals surface area contributed by atoms with Crippen molar-refractivity contribution in [2.75, 3.05) is 0 Å². The number of carboxylic acid groups (broad SMARTS) is 1. The molecule has 0 saturated heterocycles. The zero-order chi connectivity index (χ0) is 11.0. The zero-order valence-electron chi connectivity index (χ0n) is 7.45. The number of benzene rings is 1. The standard InChI is InChI=1S/C10H6ClNO3/c11-8-5-3-1-2-4-6(5)12-9(13)7(8)10(14)15/h1-4H,(H,12,13)(H,14,15). The first-order valence-electron chi connectivity index (χ1n) is 4.15. The van der Waals surface area contributed by atoms with E-state index in [2.05, 4.69) is 4.98 Å². The van der Waals surface area contributed by atoms with Gasteiger partial charge in [-0.25, -0.2) is 4.79 Å². The average molecular weight is 224 g/mol. The Labute approximate surface area is 89.1 Å². The minimum atomic E-state index is -1.33. The fourth-order valence-corrected chi connectivity index (χ4v) is 1.73. The number of aromatic carboxylic acids is 1. The number of hydrogen-bond donors (Lipinski definition) is 2. The van der Waals surface area contributed by atoms with Gasteiger partial charge in [0.2, 0.25) is 0 Å². The largest absolute Gasteiger partial charge is 0.477 e. The Kier molecular flexibility index (Phi) is 2.21. The van der Waals surface area contributed by atoms with Crippen LogP contribution >= 0.6 is 11.6 Å². The molecule has 0 bridgehead atoms. The third-order valence-electron chi connectivity index (χ3n) is 2.07. The lowest BCUT2D eigenvalue weighted by Gasteiger charge is -2.02. The topological polar surface area (TPSA) is 70.2 Å². The molecule has 76 valence electrons. The van der Waals surface area contributed by atoms with Gasteiger partial charge in [-0.05, 0) is 6.07 Å². The normalized spacial score (nSPS) is 10.5. The van der Waals surface area contributed by atoms with Gasteiger partial charge in [-0.3, -0.25) is 4.79 Å². The van der Waals surface area contributed by atoms with Crippen molar-refractivity contribution in [2.45, 2.75) is 0 Å². The van der Waals surface area contributed by atoms with Crippen LogP contribution < -0.4 is 5.56 Å². The minimum Gasteiger partial charge on any atom is -0.477 e. The molecular formula is C10H6ClNO3. The number of hydrogen-bond acceptors (Lipinski definition) is 2. The Morgan fingerprint density at radius 3 is 2.67 bits per heavy atom. The van der Waals surface area contributed by atoms with E-state index in [1.165, 1.54) is 0 Å². The quantitative estimate of drug-likeness (QED) is 0.776. The lowest BCUT2D eigenvalue weighted by atomic mass is 10.1. The molecule has 0 amide bonds. The van der Waals surface area contributed by atoms with Crippen molar-refractivity contribution < 1.29 is 9.90 Å². The third kappa shape index (κ3) is 1.49. The van der Waals surface area contributed by atoms with E-state index >= 15 is 0 Å². The first kappa shape index (κ1) is 9.73. The number of carboxylic acids is 1. The van der Waals surface area contributed by atoms with Crippen LogP contribution in [0.3, 0.4) is 0 Å². The summed E-state index contributed by atoms with van der Waals surface area (Å²) in [6.45, 7) is 0. The molecule has 1 heterocycles. The summed E-state index contributed by atoms with van der Waals surface area (Å²) in [4.78, 5) is 24.6. The Morgan fingerprint density at radius 2 is 2.00 bits per heavy atom. The molecule has 0 aliphatic rings. The van der Waals surface area contributed by atoms with Crippen LogP contribution in [0.15, 0.2) is 29.1 Å². The molecule has 0 aliphatic heterocycles. The Hall–Kier alpha value is -1.81. The Morgan fingerprint density at radius 1 is 1.33 bits per heavy atom. The van der Waals surface area contributed by atoms with E-state index < -0.39 is 17.1 Å². The van der Waals surface area contributed by atoms with Crippen molar-refractivity contribution in [3.8, 4) is 0 Å². The number of aromatic amines is 1. The molecular weight excluding hydrogens is 218 g/mol. The summed E-state index contributed by atoms with van der Waals surface area (Å²) >= 11 is 5.84. The number of carbonyl (C=O) groups is 1. The molecule has 0 atom stereocenters. The number of para-hydroxylation sites is 1. The molecule has 0 fully saturated rings. The van der Waals surface area contributed by atoms with Crippen molar-refractivity contribution in [2.24, 2.45) is 0 Å². The van der Waals surface area contributed by atoms with Crippen LogP contribution in [0.1, 0.15) is 10.4 Å². The van der Waals surface area contributed by atoms with Gasteiger partial charge < -0.3 is 10.1 Å². The third-order valence-corrected chi connectivity index (χ3v) is 2.46. The number of halogens is 1. The van der Waals surface area contributed by atoms with Crippen molar-refractivity contribution in [3.63, 3.8) is 0 Å². The van der Waals surface area contributed by atoms with E-state index in [0.29, 0.717) is 10.9 Å². The summed E-state index contributed by atoms with van der Waals surface area (Å²) in [6.07, 6.45) is 0. The van der Waals surface area contributed by atoms with Gasteiger partial charge in [-0.2, -0.15) is 0 Å². The van der Waals surface area contributed by atoms with Crippen molar-refractivity contribution >= 4 is 28.5 Å². The van der Waals surface area contributed by atoms with Crippen LogP contribution in [0.2, 0.25) is 5.02 Å². The first-order chi connectivity index (χ1) is 7.11. The van der Waals surface area contributed by atoms with E-state index in [9.17, 15) is 9.59 Å². The van der Waals surface area contributed by atoms with E-state index in [1.807, 2.05) is 0 Å². The van der Waals surface area contributed by atoms with Gasteiger partial charge in [-0.1, -0.05) is 29.8 Å². The van der Waals surface area contributed by atoms with Crippen LogP contribution in [-0.4, -0.2) is 16.1 Å². The molecule has 0 aliphatic carbocycles. The minimum absolute atomic E-state index is 0.0261. The highest BCUT2D eigenvalue weighted by Crippen LogP contribution is 2.22. The second-order valence-corrected chi connectivity index (χ2v) is 3.37. The van der Waals surface area contributed by atoms with Crippen molar-refractivity contribution in [1.29, 1.82) is 0 Å². The van der Waals surface area contributed by atoms with Crippen molar-refractivity contribution in [3.05, 3.63) is 45.2 Å². The van der Waals surface area contributed by atoms with E-state index in [0.717, 1.165) is 0 Å². The predicted molar refractivity (Wildman–Crippen MR) is 56.5 cm³/mol. The second kappa shape index (κ2) is 3.40. The van der Waals surface area contributed by atoms with Gasteiger partial charge >= 0.3 is 5.97 Å². The fraction of sp³-hybridized carbons (Fsp3) is 0. The smallest absolute Gasteiger partial charge is 0.342 e. The molecule has 1 aromatic carbocycles. The number of pyridine rings is 1. The van der Waals surface area contributed by atoms with Crippen LogP contribution in [0, 0.1) is 0 Å². The number of nitrogens with one attached hydrogen (secondary N) is 1. The highest BCUT2D eigenvalue weighted by atomic mass is 35.5. The molecule has 0 radical (unpaired) electrons. The Balaban J connectivity index is 2.97. The van der Waals surface area contributed by atoms with E-state index in [-0.39, 0.29) is 5.02 Å². The van der Waals surface area contributed by atoms with Crippen LogP contribution in [0.5, 0.6) is 0 Å². The van der Waals surface area contributed by atoms with Crippen LogP contribution in [0.4, 0.5) is 0 Å². The van der Waals surface area contributed by atoms with Crippen LogP contribution in [-0.2, 0) is 0 Å². The molecule has 4 nitrogen and oxygen atoms in total. The molecule has 1 aromatic heterocycles. The highest BCUT2D eigenvalue weighted by molar-refractivity contribution is 6.38. The lowest BCUT2D eigenvalue weighted by molar-refractivity contribution is 0.0695. The van der Waals surface area contributed by atoms with Gasteiger partial charge in [0.15, 0.2) is 0 Å². The molecule has 5 heteroatoms. The summed E-state index contributed by atoms with van der Waals surface area (Å²) < 4.78 is 0. The molecule has 2 rings (SSSR count). The Bertz CT molecular complexity index is 603. The summed E-state index contributed by atoms with van der Waals surface area (Å²) in [7, 11) is 0. The van der Waals surface area contributed by atoms with Gasteiger partial charge in [0, 0.05) is 10.9 Å². The number of rotatable bonds is 1. The summed E-state index contributed by atoms with van der Waals surface area (Å²) in [5.74, 6) is -1.33. The maximum atomic E-state index is 11.4. The van der Waals surface area contributed by atoms with Crippen LogP contribution in [0.25, 0.3) is 10.9 Å². The second-order valence-electron chi connectivity index (χ2n) is 2.99. The number of H-pyrrole nitrogens is 1. The monoisotopic (exact) mass is 223 g/mol. The fourth-order valence-electron chi connectivity index (χ4n) is 1.39. The van der Waals surface area contributed by atoms with Gasteiger partial charge in [-0.15, -0.1) is 0 Å². The predicted octanol–water partition coefficient (Wildman–Crippen LogP) is 1.88. The SMILES string of the molecule is O=C(O)c1c(Cl)c2ccccc2[nH]c1=O. The van der Waals surface area contributed by atoms with Crippen molar-refractivity contribution in [1.82, 2.24) is 4.98 Å². The molecule has 0 unspecified atom stereocenters. The molecule has 2 aromatic rings. The first-order valence-corrected chi connectivity index (χ1v) is 4.53. The summed E-state index contributed by atoms with van der Waals surface area (Å²) in [6, 6.07) is 6.77. The zero-order valence-corrected chi connectivity index (χ0v) is 8.21. The van der Waals surface area contributed by atoms with Gasteiger partial charge in [0.1, 0.15) is 5.56 Å². The highest BCUT2D eigenvalue weighted by Gasteiger charge is 2.16. The summed E-state index contributed by atoms with van der Waals surface area (Å²) in [5.41, 5.74) is -0.584. The molecule has 2 N–H and O–H groups in total. The molecule has 0 saturated carbocycles. The molecule has 15 heavy (non-hydrogen) atoms. The average Bonchev–Trinajstić information content (AvgIpc) is 2.17. The van der Waals surface area contributed by atoms with E-state index in [1.54, 1.807) is 24.3 Å². The van der Waals surface area contributed by atoms with Gasteiger partial charge in [0.05, 0.1) is 5.02 Å². The lowest BCUT2D eigenvalue weighted by Crippen LogP contribution is -2.18. The summed E-state index contributed by atoms with van der Waals surface area (Å²) in [5, 5.41) is 9.30. The number of aromatic nitrogens is 1. The number of fused-ring (bicyclic) bond motifs is 1. The molecule has 0 spiro atoms.